The molecule has 5 aromatic rings. The molecule has 3 aromatic heterocycles. The number of ether oxygens (including phenoxy) is 1. The third-order valence-electron chi connectivity index (χ3n) is 9.17. The zero-order valence-corrected chi connectivity index (χ0v) is 25.4. The van der Waals surface area contributed by atoms with Gasteiger partial charge >= 0.3 is 0 Å². The molecule has 7 rings (SSSR count). The molecule has 10 nitrogen and oxygen atoms in total. The van der Waals surface area contributed by atoms with Gasteiger partial charge in [0.2, 0.25) is 5.91 Å². The molecule has 1 aliphatic carbocycles. The zero-order chi connectivity index (χ0) is 31.0. The number of pyridine rings is 2. The van der Waals surface area contributed by atoms with Crippen LogP contribution in [0, 0.1) is 0 Å². The molecule has 0 atom stereocenters. The van der Waals surface area contributed by atoms with Crippen molar-refractivity contribution in [3.05, 3.63) is 84.6 Å². The summed E-state index contributed by atoms with van der Waals surface area (Å²) in [7, 11) is 1.54. The van der Waals surface area contributed by atoms with Gasteiger partial charge in [-0.25, -0.2) is 15.0 Å². The van der Waals surface area contributed by atoms with Crippen LogP contribution >= 0.6 is 0 Å². The molecule has 10 heteroatoms. The van der Waals surface area contributed by atoms with Crippen LogP contribution in [0.4, 0.5) is 11.5 Å². The molecule has 0 radical (unpaired) electrons. The molecule has 0 spiro atoms. The van der Waals surface area contributed by atoms with E-state index in [1.807, 2.05) is 24.3 Å². The van der Waals surface area contributed by atoms with Gasteiger partial charge in [-0.15, -0.1) is 0 Å². The monoisotopic (exact) mass is 602 g/mol. The van der Waals surface area contributed by atoms with E-state index in [0.717, 1.165) is 90.1 Å². The highest BCUT2D eigenvalue weighted by atomic mass is 16.5. The van der Waals surface area contributed by atoms with Gasteiger partial charge in [0, 0.05) is 54.9 Å². The van der Waals surface area contributed by atoms with Crippen LogP contribution in [-0.2, 0) is 15.1 Å². The molecule has 1 amide bonds. The number of hydrogen-bond donors (Lipinski definition) is 3. The molecule has 1 saturated heterocycles. The van der Waals surface area contributed by atoms with Crippen LogP contribution in [0.1, 0.15) is 37.7 Å². The molecule has 1 aliphatic heterocycles. The van der Waals surface area contributed by atoms with E-state index in [9.17, 15) is 4.79 Å². The van der Waals surface area contributed by atoms with E-state index < -0.39 is 0 Å². The Morgan fingerprint density at radius 1 is 1.00 bits per heavy atom. The maximum atomic E-state index is 12.0. The number of nitrogen functional groups attached to an aromatic ring is 1. The van der Waals surface area contributed by atoms with Crippen LogP contribution < -0.4 is 21.7 Å². The summed E-state index contributed by atoms with van der Waals surface area (Å²) >= 11 is 0. The second-order valence-corrected chi connectivity index (χ2v) is 12.1. The number of hydrogen-bond acceptors (Lipinski definition) is 8. The van der Waals surface area contributed by atoms with Crippen molar-refractivity contribution >= 4 is 28.6 Å². The fraction of sp³-hybridized carbons (Fsp3) is 0.314. The van der Waals surface area contributed by atoms with Crippen LogP contribution in [0.25, 0.3) is 39.5 Å². The first kappa shape index (κ1) is 28.9. The minimum atomic E-state index is -0.240. The number of imidazole rings is 1. The molecule has 230 valence electrons. The van der Waals surface area contributed by atoms with Crippen LogP contribution in [0.3, 0.4) is 0 Å². The lowest BCUT2D eigenvalue weighted by atomic mass is 9.73. The number of methoxy groups -OCH3 is 1. The summed E-state index contributed by atoms with van der Waals surface area (Å²) in [6.45, 7) is 1.81. The van der Waals surface area contributed by atoms with Crippen molar-refractivity contribution in [1.82, 2.24) is 24.8 Å². The first-order valence-electron chi connectivity index (χ1n) is 15.6. The number of nitrogens with two attached hydrogens (primary N) is 2. The minimum absolute atomic E-state index is 0.0642. The van der Waals surface area contributed by atoms with Gasteiger partial charge in [-0.3, -0.25) is 9.36 Å². The van der Waals surface area contributed by atoms with Crippen molar-refractivity contribution in [3.63, 3.8) is 0 Å². The van der Waals surface area contributed by atoms with E-state index in [1.165, 1.54) is 7.11 Å². The highest BCUT2D eigenvalue weighted by Crippen LogP contribution is 2.39. The van der Waals surface area contributed by atoms with E-state index in [1.54, 1.807) is 6.20 Å². The van der Waals surface area contributed by atoms with E-state index in [0.29, 0.717) is 11.6 Å². The largest absolute Gasteiger partial charge is 0.383 e. The molecule has 0 unspecified atom stereocenters. The number of fused-ring (bicyclic) bond motifs is 1. The number of carbonyl (C=O) groups is 1. The van der Waals surface area contributed by atoms with Crippen molar-refractivity contribution in [3.8, 4) is 28.3 Å². The number of nitrogens with zero attached hydrogens (tertiary/aromatic N) is 5. The summed E-state index contributed by atoms with van der Waals surface area (Å²) in [5.41, 5.74) is 20.1. The second-order valence-electron chi connectivity index (χ2n) is 12.1. The number of piperidine rings is 1. The maximum absolute atomic E-state index is 12.0. The summed E-state index contributed by atoms with van der Waals surface area (Å²) < 4.78 is 7.02. The molecule has 45 heavy (non-hydrogen) atoms. The van der Waals surface area contributed by atoms with E-state index in [-0.39, 0.29) is 24.1 Å². The lowest BCUT2D eigenvalue weighted by molar-refractivity contribution is -0.125. The van der Waals surface area contributed by atoms with Gasteiger partial charge in [0.05, 0.1) is 11.3 Å². The first-order chi connectivity index (χ1) is 21.9. The molecule has 5 N–H and O–H groups in total. The number of nitrogens with one attached hydrogen (secondary N) is 1. The van der Waals surface area contributed by atoms with Crippen LogP contribution in [0.5, 0.6) is 0 Å². The van der Waals surface area contributed by atoms with Gasteiger partial charge in [0.25, 0.3) is 0 Å². The number of benzene rings is 2. The lowest BCUT2D eigenvalue weighted by Crippen LogP contribution is -2.45. The third kappa shape index (κ3) is 5.63. The summed E-state index contributed by atoms with van der Waals surface area (Å²) in [6, 6.07) is 24.9. The summed E-state index contributed by atoms with van der Waals surface area (Å²) in [4.78, 5) is 28.8. The fourth-order valence-corrected chi connectivity index (χ4v) is 6.48. The minimum Gasteiger partial charge on any atom is -0.383 e. The molecule has 0 bridgehead atoms. The van der Waals surface area contributed by atoms with Crippen LogP contribution in [0.15, 0.2) is 79.0 Å². The molecule has 2 fully saturated rings. The van der Waals surface area contributed by atoms with E-state index in [4.69, 9.17) is 26.2 Å². The summed E-state index contributed by atoms with van der Waals surface area (Å²) in [6.07, 6.45) is 6.62. The van der Waals surface area contributed by atoms with Crippen molar-refractivity contribution in [1.29, 1.82) is 0 Å². The Bertz CT molecular complexity index is 1840. The average molecular weight is 603 g/mol. The normalized spacial score (nSPS) is 16.4. The van der Waals surface area contributed by atoms with E-state index in [2.05, 4.69) is 68.3 Å². The zero-order valence-electron chi connectivity index (χ0n) is 25.4. The Morgan fingerprint density at radius 2 is 1.80 bits per heavy atom. The Hall–Kier alpha value is -4.80. The molecule has 4 heterocycles. The molecular formula is C35H38N8O2. The number of carbonyl (C=O) groups excluding carboxylic acids is 1. The lowest BCUT2D eigenvalue weighted by Gasteiger charge is -2.38. The standard InChI is InChI=1S/C35H38N8O2/c1-45-22-31(44)39-25-14-19-42(20-15-25)27-6-2-5-23(21-27)29-12-13-30-34(40-29)43(33(41-30)28-7-3-18-38-32(28)36)26-10-8-24(9-11-26)35(37)16-4-17-35/h2-3,5-13,18,21,25H,4,14-17,19-20,22,37H2,1H3,(H2,36,38)(H,39,44). The summed E-state index contributed by atoms with van der Waals surface area (Å²) in [5.74, 6) is 1.04. The van der Waals surface area contributed by atoms with Gasteiger partial charge in [0.15, 0.2) is 11.5 Å². The SMILES string of the molecule is COCC(=O)NC1CCN(c2cccc(-c3ccc4nc(-c5cccnc5N)n(-c5ccc(C6(N)CCC6)cc5)c4n3)c2)CC1. The first-order valence-corrected chi connectivity index (χ1v) is 15.6. The van der Waals surface area contributed by atoms with Crippen LogP contribution in [0.2, 0.25) is 0 Å². The molecule has 1 saturated carbocycles. The Morgan fingerprint density at radius 3 is 2.51 bits per heavy atom. The third-order valence-corrected chi connectivity index (χ3v) is 9.17. The topological polar surface area (TPSA) is 137 Å². The van der Waals surface area contributed by atoms with E-state index >= 15 is 0 Å². The Balaban J connectivity index is 1.23. The van der Waals surface area contributed by atoms with Gasteiger partial charge in [-0.1, -0.05) is 24.3 Å². The fourth-order valence-electron chi connectivity index (χ4n) is 6.48. The molecular weight excluding hydrogens is 564 g/mol. The van der Waals surface area contributed by atoms with Gasteiger partial charge in [-0.05, 0) is 86.2 Å². The number of anilines is 2. The second kappa shape index (κ2) is 11.9. The van der Waals surface area contributed by atoms with Crippen molar-refractivity contribution < 1.29 is 9.53 Å². The molecule has 2 aliphatic rings. The molecule has 2 aromatic carbocycles. The number of rotatable bonds is 8. The highest BCUT2D eigenvalue weighted by Gasteiger charge is 2.34. The smallest absolute Gasteiger partial charge is 0.246 e. The van der Waals surface area contributed by atoms with Crippen molar-refractivity contribution in [2.45, 2.75) is 43.7 Å². The highest BCUT2D eigenvalue weighted by molar-refractivity contribution is 5.85. The quantitative estimate of drug-likeness (QED) is 0.230. The Kier molecular flexibility index (Phi) is 7.68. The van der Waals surface area contributed by atoms with Crippen molar-refractivity contribution in [2.24, 2.45) is 5.73 Å². The van der Waals surface area contributed by atoms with Crippen LogP contribution in [-0.4, -0.2) is 58.3 Å². The van der Waals surface area contributed by atoms with Gasteiger partial charge < -0.3 is 26.4 Å². The summed E-state index contributed by atoms with van der Waals surface area (Å²) in [5, 5.41) is 3.07. The van der Waals surface area contributed by atoms with Gasteiger partial charge in [0.1, 0.15) is 17.9 Å². The van der Waals surface area contributed by atoms with Crippen molar-refractivity contribution in [2.75, 3.05) is 37.4 Å². The maximum Gasteiger partial charge on any atom is 0.246 e. The Labute approximate surface area is 262 Å². The number of amides is 1. The predicted octanol–water partition coefficient (Wildman–Crippen LogP) is 4.80. The predicted molar refractivity (Wildman–Crippen MR) is 177 cm³/mol. The van der Waals surface area contributed by atoms with Gasteiger partial charge in [-0.2, -0.15) is 0 Å². The average Bonchev–Trinajstić information content (AvgIpc) is 3.43. The number of aromatic nitrogens is 4.